The second-order valence-electron chi connectivity index (χ2n) is 5.32. The fraction of sp³-hybridized carbons (Fsp3) is 0.600. The van der Waals surface area contributed by atoms with E-state index >= 15 is 0 Å². The van der Waals surface area contributed by atoms with Crippen LogP contribution in [0.2, 0.25) is 0 Å². The van der Waals surface area contributed by atoms with Crippen molar-refractivity contribution in [3.63, 3.8) is 0 Å². The molecule has 0 radical (unpaired) electrons. The number of halogens is 2. The summed E-state index contributed by atoms with van der Waals surface area (Å²) in [7, 11) is 0. The minimum atomic E-state index is -2.58. The quantitative estimate of drug-likeness (QED) is 0.815. The topological polar surface area (TPSA) is 45.2 Å². The summed E-state index contributed by atoms with van der Waals surface area (Å²) in [6.45, 7) is 5.16. The Labute approximate surface area is 133 Å². The molecule has 0 atom stereocenters. The largest absolute Gasteiger partial charge is 0.349 e. The molecule has 2 rings (SSSR count). The molecule has 0 aromatic carbocycles. The second kappa shape index (κ2) is 8.43. The summed E-state index contributed by atoms with van der Waals surface area (Å²) in [4.78, 5) is 18.6. The Morgan fingerprint density at radius 3 is 2.86 bits per heavy atom. The first-order valence-electron chi connectivity index (χ1n) is 7.53. The van der Waals surface area contributed by atoms with Crippen LogP contribution in [0.3, 0.4) is 0 Å². The molecule has 0 aliphatic carbocycles. The molecule has 1 amide bonds. The van der Waals surface area contributed by atoms with Gasteiger partial charge in [0.1, 0.15) is 5.03 Å². The molecule has 7 heteroatoms. The maximum atomic E-state index is 12.5. The average molecular weight is 329 g/mol. The Morgan fingerprint density at radius 2 is 2.23 bits per heavy atom. The third-order valence-electron chi connectivity index (χ3n) is 3.68. The van der Waals surface area contributed by atoms with Crippen LogP contribution in [0.15, 0.2) is 23.4 Å². The maximum absolute atomic E-state index is 12.5. The summed E-state index contributed by atoms with van der Waals surface area (Å²) in [6.07, 6.45) is 4.33. The molecule has 2 heterocycles. The highest BCUT2D eigenvalue weighted by Crippen LogP contribution is 2.26. The number of alkyl halides is 2. The van der Waals surface area contributed by atoms with Crippen molar-refractivity contribution in [3.8, 4) is 0 Å². The Bertz CT molecular complexity index is 493. The van der Waals surface area contributed by atoms with Crippen molar-refractivity contribution in [2.45, 2.75) is 43.0 Å². The van der Waals surface area contributed by atoms with Gasteiger partial charge in [0, 0.05) is 25.3 Å². The van der Waals surface area contributed by atoms with Gasteiger partial charge in [0.2, 0.25) is 0 Å². The predicted octanol–water partition coefficient (Wildman–Crippen LogP) is 3.00. The van der Waals surface area contributed by atoms with E-state index < -0.39 is 5.76 Å². The molecule has 1 aliphatic rings. The summed E-state index contributed by atoms with van der Waals surface area (Å²) < 4.78 is 25.0. The average Bonchev–Trinajstić information content (AvgIpc) is 2.49. The molecule has 1 aromatic heterocycles. The number of pyridine rings is 1. The predicted molar refractivity (Wildman–Crippen MR) is 83.3 cm³/mol. The molecule has 22 heavy (non-hydrogen) atoms. The number of rotatable bonds is 6. The molecule has 1 N–H and O–H groups in total. The molecular weight excluding hydrogens is 308 g/mol. The summed E-state index contributed by atoms with van der Waals surface area (Å²) in [5, 5.41) is 3.03. The highest BCUT2D eigenvalue weighted by Gasteiger charge is 2.22. The number of hydrogen-bond acceptors (Lipinski definition) is 4. The molecule has 122 valence electrons. The van der Waals surface area contributed by atoms with Crippen LogP contribution in [-0.2, 0) is 0 Å². The van der Waals surface area contributed by atoms with Crippen molar-refractivity contribution in [3.05, 3.63) is 23.9 Å². The van der Waals surface area contributed by atoms with E-state index in [0.29, 0.717) is 11.8 Å². The molecule has 0 spiro atoms. The lowest BCUT2D eigenvalue weighted by Gasteiger charge is -2.32. The zero-order valence-electron chi connectivity index (χ0n) is 12.6. The molecule has 0 unspecified atom stereocenters. The van der Waals surface area contributed by atoms with Crippen LogP contribution >= 0.6 is 11.8 Å². The first-order chi connectivity index (χ1) is 10.6. The van der Waals surface area contributed by atoms with E-state index in [0.717, 1.165) is 38.9 Å². The molecule has 1 aromatic rings. The van der Waals surface area contributed by atoms with E-state index in [1.54, 1.807) is 12.1 Å². The number of aromatic nitrogens is 1. The lowest BCUT2D eigenvalue weighted by Crippen LogP contribution is -2.44. The van der Waals surface area contributed by atoms with Gasteiger partial charge in [-0.1, -0.05) is 6.92 Å². The zero-order valence-corrected chi connectivity index (χ0v) is 13.4. The first-order valence-corrected chi connectivity index (χ1v) is 8.41. The first kappa shape index (κ1) is 17.1. The molecule has 1 fully saturated rings. The number of piperidine rings is 1. The maximum Gasteiger partial charge on any atom is 0.290 e. The van der Waals surface area contributed by atoms with Gasteiger partial charge >= 0.3 is 0 Å². The van der Waals surface area contributed by atoms with Gasteiger partial charge in [0.15, 0.2) is 0 Å². The molecular formula is C15H21F2N3OS. The molecule has 1 aliphatic heterocycles. The third kappa shape index (κ3) is 4.91. The Morgan fingerprint density at radius 1 is 1.50 bits per heavy atom. The van der Waals surface area contributed by atoms with Crippen molar-refractivity contribution in [1.29, 1.82) is 0 Å². The fourth-order valence-electron chi connectivity index (χ4n) is 2.62. The molecule has 4 nitrogen and oxygen atoms in total. The van der Waals surface area contributed by atoms with Crippen LogP contribution in [0.5, 0.6) is 0 Å². The number of amides is 1. The van der Waals surface area contributed by atoms with E-state index in [1.807, 2.05) is 0 Å². The van der Waals surface area contributed by atoms with Crippen LogP contribution in [0.4, 0.5) is 8.78 Å². The monoisotopic (exact) mass is 329 g/mol. The standard InChI is InChI=1S/C15H21F2N3OS/c1-2-8-20-9-5-11(6-10-20)19-13(21)12-4-3-7-18-14(12)22-15(16)17/h3-4,7,11,15H,2,5-6,8-10H2,1H3,(H,19,21). The summed E-state index contributed by atoms with van der Waals surface area (Å²) in [6, 6.07) is 3.23. The molecule has 0 bridgehead atoms. The van der Waals surface area contributed by atoms with Gasteiger partial charge in [-0.25, -0.2) is 4.98 Å². The lowest BCUT2D eigenvalue weighted by atomic mass is 10.0. The Balaban J connectivity index is 1.93. The van der Waals surface area contributed by atoms with Crippen molar-refractivity contribution >= 4 is 17.7 Å². The highest BCUT2D eigenvalue weighted by molar-refractivity contribution is 7.99. The summed E-state index contributed by atoms with van der Waals surface area (Å²) in [5.41, 5.74) is 0.226. The SMILES string of the molecule is CCCN1CCC(NC(=O)c2cccnc2SC(F)F)CC1. The van der Waals surface area contributed by atoms with Gasteiger partial charge in [-0.3, -0.25) is 4.79 Å². The minimum Gasteiger partial charge on any atom is -0.349 e. The number of nitrogens with one attached hydrogen (secondary N) is 1. The number of nitrogens with zero attached hydrogens (tertiary/aromatic N) is 2. The number of hydrogen-bond donors (Lipinski definition) is 1. The number of carbonyl (C=O) groups is 1. The second-order valence-corrected chi connectivity index (χ2v) is 6.30. The fourth-order valence-corrected chi connectivity index (χ4v) is 3.20. The van der Waals surface area contributed by atoms with Crippen LogP contribution in [-0.4, -0.2) is 47.2 Å². The summed E-state index contributed by atoms with van der Waals surface area (Å²) >= 11 is 0.309. The Kier molecular flexibility index (Phi) is 6.57. The van der Waals surface area contributed by atoms with Gasteiger partial charge in [-0.2, -0.15) is 8.78 Å². The molecule has 0 saturated carbocycles. The van der Waals surface area contributed by atoms with Gasteiger partial charge in [0.25, 0.3) is 11.7 Å². The van der Waals surface area contributed by atoms with Crippen molar-refractivity contribution in [2.75, 3.05) is 19.6 Å². The highest BCUT2D eigenvalue weighted by atomic mass is 32.2. The van der Waals surface area contributed by atoms with Crippen molar-refractivity contribution < 1.29 is 13.6 Å². The normalized spacial score (nSPS) is 16.9. The minimum absolute atomic E-state index is 0.0819. The van der Waals surface area contributed by atoms with E-state index in [1.165, 1.54) is 6.20 Å². The van der Waals surface area contributed by atoms with Crippen LogP contribution in [0.25, 0.3) is 0 Å². The third-order valence-corrected chi connectivity index (χ3v) is 4.41. The van der Waals surface area contributed by atoms with Crippen LogP contribution in [0.1, 0.15) is 36.5 Å². The van der Waals surface area contributed by atoms with Crippen molar-refractivity contribution in [2.24, 2.45) is 0 Å². The van der Waals surface area contributed by atoms with E-state index in [4.69, 9.17) is 0 Å². The number of carbonyl (C=O) groups excluding carboxylic acids is 1. The summed E-state index contributed by atoms with van der Waals surface area (Å²) in [5.74, 6) is -2.90. The van der Waals surface area contributed by atoms with Gasteiger partial charge in [-0.05, 0) is 49.7 Å². The van der Waals surface area contributed by atoms with Crippen molar-refractivity contribution in [1.82, 2.24) is 15.2 Å². The van der Waals surface area contributed by atoms with Gasteiger partial charge in [-0.15, -0.1) is 0 Å². The smallest absolute Gasteiger partial charge is 0.290 e. The van der Waals surface area contributed by atoms with Gasteiger partial charge in [0.05, 0.1) is 5.56 Å². The Hall–Kier alpha value is -1.21. The zero-order chi connectivity index (χ0) is 15.9. The van der Waals surface area contributed by atoms with E-state index in [2.05, 4.69) is 22.1 Å². The molecule has 1 saturated heterocycles. The van der Waals surface area contributed by atoms with E-state index in [-0.39, 0.29) is 22.5 Å². The van der Waals surface area contributed by atoms with Crippen LogP contribution < -0.4 is 5.32 Å². The lowest BCUT2D eigenvalue weighted by molar-refractivity contribution is 0.0907. The number of thioether (sulfide) groups is 1. The number of likely N-dealkylation sites (tertiary alicyclic amines) is 1. The van der Waals surface area contributed by atoms with E-state index in [9.17, 15) is 13.6 Å². The van der Waals surface area contributed by atoms with Gasteiger partial charge < -0.3 is 10.2 Å². The van der Waals surface area contributed by atoms with Crippen LogP contribution in [0, 0.1) is 0 Å².